The van der Waals surface area contributed by atoms with Crippen molar-refractivity contribution in [2.24, 2.45) is 5.73 Å². The zero-order valence-electron chi connectivity index (χ0n) is 7.22. The molecule has 68 valence electrons. The summed E-state index contributed by atoms with van der Waals surface area (Å²) in [5.74, 6) is 0. The first kappa shape index (κ1) is 9.22. The largest absolute Gasteiger partial charge is 0.394 e. The van der Waals surface area contributed by atoms with Gasteiger partial charge in [-0.3, -0.25) is 0 Å². The fraction of sp³-hybridized carbons (Fsp3) is 0.625. The van der Waals surface area contributed by atoms with Gasteiger partial charge in [-0.1, -0.05) is 6.92 Å². The Balaban J connectivity index is 2.69. The summed E-state index contributed by atoms with van der Waals surface area (Å²) in [5.41, 5.74) is 5.81. The predicted molar refractivity (Wildman–Crippen MR) is 46.6 cm³/mol. The molecule has 3 N–H and O–H groups in total. The van der Waals surface area contributed by atoms with E-state index in [9.17, 15) is 0 Å². The van der Waals surface area contributed by atoms with E-state index >= 15 is 0 Å². The monoisotopic (exact) mass is 169 g/mol. The van der Waals surface area contributed by atoms with Crippen LogP contribution in [-0.4, -0.2) is 27.3 Å². The van der Waals surface area contributed by atoms with Crippen LogP contribution in [0.15, 0.2) is 18.7 Å². The summed E-state index contributed by atoms with van der Waals surface area (Å²) < 4.78 is 1.84. The Morgan fingerprint density at radius 2 is 2.42 bits per heavy atom. The van der Waals surface area contributed by atoms with Gasteiger partial charge >= 0.3 is 0 Å². The van der Waals surface area contributed by atoms with E-state index in [2.05, 4.69) is 4.98 Å². The molecule has 0 spiro atoms. The van der Waals surface area contributed by atoms with Gasteiger partial charge in [0.1, 0.15) is 0 Å². The average Bonchev–Trinajstić information content (AvgIpc) is 2.58. The van der Waals surface area contributed by atoms with Gasteiger partial charge in [0.05, 0.1) is 19.0 Å². The fourth-order valence-corrected chi connectivity index (χ4v) is 1.19. The van der Waals surface area contributed by atoms with Gasteiger partial charge in [-0.05, 0) is 6.42 Å². The second-order valence-corrected chi connectivity index (χ2v) is 2.83. The molecule has 0 fully saturated rings. The molecule has 0 aliphatic carbocycles. The summed E-state index contributed by atoms with van der Waals surface area (Å²) in [6.45, 7) is 2.07. The van der Waals surface area contributed by atoms with Gasteiger partial charge in [0, 0.05) is 18.4 Å². The van der Waals surface area contributed by atoms with Crippen LogP contribution >= 0.6 is 0 Å². The average molecular weight is 169 g/mol. The molecule has 1 aromatic rings. The summed E-state index contributed by atoms with van der Waals surface area (Å²) in [5, 5.41) is 9.07. The second-order valence-electron chi connectivity index (χ2n) is 2.83. The molecule has 0 aliphatic rings. The number of nitrogens with zero attached hydrogens (tertiary/aromatic N) is 2. The first-order valence-corrected chi connectivity index (χ1v) is 4.13. The van der Waals surface area contributed by atoms with Gasteiger partial charge in [0.15, 0.2) is 0 Å². The highest BCUT2D eigenvalue weighted by Crippen LogP contribution is 2.10. The van der Waals surface area contributed by atoms with Gasteiger partial charge < -0.3 is 15.4 Å². The zero-order chi connectivity index (χ0) is 8.97. The lowest BCUT2D eigenvalue weighted by Gasteiger charge is -2.21. The number of hydrogen-bond acceptors (Lipinski definition) is 3. The molecule has 1 rings (SSSR count). The Kier molecular flexibility index (Phi) is 3.25. The number of rotatable bonds is 4. The van der Waals surface area contributed by atoms with Crippen molar-refractivity contribution in [2.75, 3.05) is 6.61 Å². The van der Waals surface area contributed by atoms with E-state index in [1.807, 2.05) is 17.7 Å². The van der Waals surface area contributed by atoms with Crippen molar-refractivity contribution < 1.29 is 5.11 Å². The Bertz CT molecular complexity index is 210. The van der Waals surface area contributed by atoms with Gasteiger partial charge in [-0.25, -0.2) is 4.98 Å². The molecule has 0 aliphatic heterocycles. The minimum atomic E-state index is -0.0440. The van der Waals surface area contributed by atoms with Crippen LogP contribution in [0.2, 0.25) is 0 Å². The molecule has 1 aromatic heterocycles. The van der Waals surface area contributed by atoms with Crippen LogP contribution in [-0.2, 0) is 0 Å². The van der Waals surface area contributed by atoms with E-state index in [1.54, 1.807) is 12.5 Å². The third kappa shape index (κ3) is 1.84. The van der Waals surface area contributed by atoms with Crippen molar-refractivity contribution in [3.05, 3.63) is 18.7 Å². The van der Waals surface area contributed by atoms with Crippen LogP contribution in [0.4, 0.5) is 0 Å². The molecule has 0 amide bonds. The predicted octanol–water partition coefficient (Wildman–Crippen LogP) is 0.154. The fourth-order valence-electron chi connectivity index (χ4n) is 1.19. The molecular weight excluding hydrogens is 154 g/mol. The minimum absolute atomic E-state index is 0.0100. The van der Waals surface area contributed by atoms with Crippen LogP contribution < -0.4 is 5.73 Å². The van der Waals surface area contributed by atoms with Crippen LogP contribution in [0.5, 0.6) is 0 Å². The van der Waals surface area contributed by atoms with Crippen molar-refractivity contribution in [3.63, 3.8) is 0 Å². The molecule has 0 saturated heterocycles. The van der Waals surface area contributed by atoms with E-state index in [4.69, 9.17) is 10.8 Å². The van der Waals surface area contributed by atoms with E-state index in [0.717, 1.165) is 6.42 Å². The van der Waals surface area contributed by atoms with Crippen LogP contribution in [0.25, 0.3) is 0 Å². The normalized spacial score (nSPS) is 15.9. The summed E-state index contributed by atoms with van der Waals surface area (Å²) >= 11 is 0. The van der Waals surface area contributed by atoms with Gasteiger partial charge in [-0.15, -0.1) is 0 Å². The molecule has 0 saturated carbocycles. The highest BCUT2D eigenvalue weighted by Gasteiger charge is 2.15. The molecule has 2 unspecified atom stereocenters. The molecule has 2 atom stereocenters. The van der Waals surface area contributed by atoms with Crippen LogP contribution in [0.3, 0.4) is 0 Å². The summed E-state index contributed by atoms with van der Waals surface area (Å²) in [6.07, 6.45) is 6.03. The Hall–Kier alpha value is -0.870. The third-order valence-electron chi connectivity index (χ3n) is 2.06. The zero-order valence-corrected chi connectivity index (χ0v) is 7.22. The lowest BCUT2D eigenvalue weighted by atomic mass is 10.1. The van der Waals surface area contributed by atoms with E-state index < -0.39 is 0 Å². The molecular formula is C8H15N3O. The second kappa shape index (κ2) is 4.23. The van der Waals surface area contributed by atoms with E-state index in [1.165, 1.54) is 0 Å². The molecule has 0 bridgehead atoms. The highest BCUT2D eigenvalue weighted by atomic mass is 16.3. The lowest BCUT2D eigenvalue weighted by molar-refractivity contribution is 0.204. The maximum absolute atomic E-state index is 9.07. The molecule has 0 radical (unpaired) electrons. The SMILES string of the molecule is CCC(N)C(CO)n1ccnc1. The minimum Gasteiger partial charge on any atom is -0.394 e. The first-order chi connectivity index (χ1) is 5.79. The van der Waals surface area contributed by atoms with Crippen LogP contribution in [0.1, 0.15) is 19.4 Å². The van der Waals surface area contributed by atoms with Crippen molar-refractivity contribution in [3.8, 4) is 0 Å². The Morgan fingerprint density at radius 1 is 1.67 bits per heavy atom. The van der Waals surface area contributed by atoms with Crippen molar-refractivity contribution in [2.45, 2.75) is 25.4 Å². The summed E-state index contributed by atoms with van der Waals surface area (Å²) in [7, 11) is 0. The van der Waals surface area contributed by atoms with Crippen molar-refractivity contribution >= 4 is 0 Å². The van der Waals surface area contributed by atoms with Gasteiger partial charge in [0.25, 0.3) is 0 Å². The maximum Gasteiger partial charge on any atom is 0.0949 e. The quantitative estimate of drug-likeness (QED) is 0.674. The standard InChI is InChI=1S/C8H15N3O/c1-2-7(9)8(5-12)11-4-3-10-6-11/h3-4,6-8,12H,2,5,9H2,1H3. The Labute approximate surface area is 72.0 Å². The smallest absolute Gasteiger partial charge is 0.0949 e. The topological polar surface area (TPSA) is 64.1 Å². The third-order valence-corrected chi connectivity index (χ3v) is 2.06. The lowest BCUT2D eigenvalue weighted by Crippen LogP contribution is -2.33. The number of imidazole rings is 1. The van der Waals surface area contributed by atoms with Gasteiger partial charge in [-0.2, -0.15) is 0 Å². The molecule has 12 heavy (non-hydrogen) atoms. The Morgan fingerprint density at radius 3 is 2.83 bits per heavy atom. The highest BCUT2D eigenvalue weighted by molar-refractivity contribution is 4.85. The number of aliphatic hydroxyl groups is 1. The van der Waals surface area contributed by atoms with E-state index in [0.29, 0.717) is 0 Å². The van der Waals surface area contributed by atoms with E-state index in [-0.39, 0.29) is 18.7 Å². The molecule has 4 heteroatoms. The van der Waals surface area contributed by atoms with Crippen LogP contribution in [0, 0.1) is 0 Å². The number of nitrogens with two attached hydrogens (primary N) is 1. The number of hydrogen-bond donors (Lipinski definition) is 2. The summed E-state index contributed by atoms with van der Waals surface area (Å²) in [6, 6.07) is -0.0540. The summed E-state index contributed by atoms with van der Waals surface area (Å²) in [4.78, 5) is 3.90. The van der Waals surface area contributed by atoms with Crippen molar-refractivity contribution in [1.82, 2.24) is 9.55 Å². The molecule has 1 heterocycles. The maximum atomic E-state index is 9.07. The molecule has 4 nitrogen and oxygen atoms in total. The number of aromatic nitrogens is 2. The first-order valence-electron chi connectivity index (χ1n) is 4.13. The van der Waals surface area contributed by atoms with Crippen molar-refractivity contribution in [1.29, 1.82) is 0 Å². The van der Waals surface area contributed by atoms with Gasteiger partial charge in [0.2, 0.25) is 0 Å². The number of aliphatic hydroxyl groups excluding tert-OH is 1. The molecule has 0 aromatic carbocycles.